The molecule has 0 radical (unpaired) electrons. The summed E-state index contributed by atoms with van der Waals surface area (Å²) in [5.41, 5.74) is 3.06. The highest BCUT2D eigenvalue weighted by atomic mass is 16.5. The fourth-order valence-electron chi connectivity index (χ4n) is 4.84. The fraction of sp³-hybridized carbons (Fsp3) is 0.294. The maximum atomic E-state index is 14.0. The summed E-state index contributed by atoms with van der Waals surface area (Å²) in [7, 11) is 1.63. The Balaban J connectivity index is 1.65. The van der Waals surface area contributed by atoms with Gasteiger partial charge in [-0.15, -0.1) is 0 Å². The second-order valence-corrected chi connectivity index (χ2v) is 10.4. The molecule has 0 saturated carbocycles. The minimum atomic E-state index is -0.641. The molecule has 0 unspecified atom stereocenters. The Kier molecular flexibility index (Phi) is 9.74. The predicted octanol–water partition coefficient (Wildman–Crippen LogP) is 6.19. The van der Waals surface area contributed by atoms with Crippen LogP contribution in [0.1, 0.15) is 37.0 Å². The third-order valence-corrected chi connectivity index (χ3v) is 6.93. The molecule has 0 aliphatic rings. The lowest BCUT2D eigenvalue weighted by Gasteiger charge is -2.32. The highest BCUT2D eigenvalue weighted by Crippen LogP contribution is 2.22. The highest BCUT2D eigenvalue weighted by molar-refractivity contribution is 5.89. The lowest BCUT2D eigenvalue weighted by molar-refractivity contribution is -0.141. The number of ether oxygens (including phenoxy) is 1. The van der Waals surface area contributed by atoms with Crippen molar-refractivity contribution in [1.29, 1.82) is 0 Å². The summed E-state index contributed by atoms with van der Waals surface area (Å²) in [6, 6.07) is 31.4. The van der Waals surface area contributed by atoms with E-state index in [1.54, 1.807) is 12.0 Å². The third-order valence-electron chi connectivity index (χ3n) is 6.93. The molecule has 0 saturated heterocycles. The average Bonchev–Trinajstić information content (AvgIpc) is 2.97. The molecule has 4 rings (SSSR count). The number of aryl methyl sites for hydroxylation is 1. The van der Waals surface area contributed by atoms with Gasteiger partial charge in [0.25, 0.3) is 0 Å². The Morgan fingerprint density at radius 3 is 2.31 bits per heavy atom. The first kappa shape index (κ1) is 27.9. The quantitative estimate of drug-likeness (QED) is 0.241. The van der Waals surface area contributed by atoms with Gasteiger partial charge in [-0.3, -0.25) is 9.59 Å². The van der Waals surface area contributed by atoms with Crippen molar-refractivity contribution in [1.82, 2.24) is 10.2 Å². The van der Waals surface area contributed by atoms with Crippen LogP contribution in [0.4, 0.5) is 0 Å². The Morgan fingerprint density at radius 2 is 1.54 bits per heavy atom. The molecular weight excluding hydrogens is 484 g/mol. The lowest BCUT2D eigenvalue weighted by atomic mass is 9.99. The standard InChI is InChI=1S/C34H38N2O3/c1-25(2)23-35-34(38)32(22-26-11-5-4-6-12-26)36(24-27-13-9-17-30(21-27)39-3)33(37)20-19-29-16-10-15-28-14-7-8-18-31(28)29/h4-18,21,25,32H,19-20,22-24H2,1-3H3,(H,35,38)/t32-/m1/s1. The summed E-state index contributed by atoms with van der Waals surface area (Å²) in [4.78, 5) is 29.4. The van der Waals surface area contributed by atoms with E-state index in [0.717, 1.165) is 33.2 Å². The molecule has 39 heavy (non-hydrogen) atoms. The van der Waals surface area contributed by atoms with Crippen LogP contribution in [0.5, 0.6) is 5.75 Å². The highest BCUT2D eigenvalue weighted by Gasteiger charge is 2.30. The van der Waals surface area contributed by atoms with Crippen LogP contribution in [0, 0.1) is 5.92 Å². The molecule has 0 fully saturated rings. The number of fused-ring (bicyclic) bond motifs is 1. The zero-order valence-electron chi connectivity index (χ0n) is 23.1. The molecule has 4 aromatic rings. The Bertz CT molecular complexity index is 1380. The molecule has 0 aliphatic carbocycles. The van der Waals surface area contributed by atoms with Crippen molar-refractivity contribution in [3.8, 4) is 5.75 Å². The lowest BCUT2D eigenvalue weighted by Crippen LogP contribution is -2.51. The minimum Gasteiger partial charge on any atom is -0.497 e. The van der Waals surface area contributed by atoms with Gasteiger partial charge in [-0.05, 0) is 51.9 Å². The van der Waals surface area contributed by atoms with Gasteiger partial charge in [-0.2, -0.15) is 0 Å². The van der Waals surface area contributed by atoms with Gasteiger partial charge in [0, 0.05) is 25.9 Å². The van der Waals surface area contributed by atoms with Gasteiger partial charge in [-0.25, -0.2) is 0 Å². The zero-order chi connectivity index (χ0) is 27.6. The summed E-state index contributed by atoms with van der Waals surface area (Å²) in [6.07, 6.45) is 1.34. The molecular formula is C34H38N2O3. The molecule has 5 nitrogen and oxygen atoms in total. The molecule has 2 amide bonds. The van der Waals surface area contributed by atoms with Crippen molar-refractivity contribution < 1.29 is 14.3 Å². The first-order valence-electron chi connectivity index (χ1n) is 13.6. The van der Waals surface area contributed by atoms with Crippen LogP contribution in [-0.4, -0.2) is 36.4 Å². The van der Waals surface area contributed by atoms with Crippen molar-refractivity contribution in [2.24, 2.45) is 5.92 Å². The van der Waals surface area contributed by atoms with E-state index in [1.165, 1.54) is 0 Å². The topological polar surface area (TPSA) is 58.6 Å². The van der Waals surface area contributed by atoms with E-state index in [-0.39, 0.29) is 11.8 Å². The molecule has 0 aliphatic heterocycles. The van der Waals surface area contributed by atoms with E-state index >= 15 is 0 Å². The number of methoxy groups -OCH3 is 1. The van der Waals surface area contributed by atoms with Crippen molar-refractivity contribution in [3.63, 3.8) is 0 Å². The molecule has 0 spiro atoms. The van der Waals surface area contributed by atoms with Crippen LogP contribution in [0.25, 0.3) is 10.8 Å². The monoisotopic (exact) mass is 522 g/mol. The number of hydrogen-bond acceptors (Lipinski definition) is 3. The van der Waals surface area contributed by atoms with Gasteiger partial charge < -0.3 is 15.0 Å². The van der Waals surface area contributed by atoms with E-state index in [4.69, 9.17) is 4.74 Å². The molecule has 0 heterocycles. The molecule has 0 aromatic heterocycles. The van der Waals surface area contributed by atoms with E-state index in [0.29, 0.717) is 38.3 Å². The first-order valence-corrected chi connectivity index (χ1v) is 13.6. The maximum Gasteiger partial charge on any atom is 0.243 e. The van der Waals surface area contributed by atoms with Crippen LogP contribution < -0.4 is 10.1 Å². The summed E-state index contributed by atoms with van der Waals surface area (Å²) in [5, 5.41) is 5.40. The van der Waals surface area contributed by atoms with Crippen LogP contribution in [-0.2, 0) is 29.0 Å². The third kappa shape index (κ3) is 7.70. The first-order chi connectivity index (χ1) is 18.9. The molecule has 1 N–H and O–H groups in total. The molecule has 4 aromatic carbocycles. The largest absolute Gasteiger partial charge is 0.497 e. The van der Waals surface area contributed by atoms with Gasteiger partial charge >= 0.3 is 0 Å². The maximum absolute atomic E-state index is 14.0. The van der Waals surface area contributed by atoms with Crippen LogP contribution in [0.15, 0.2) is 97.1 Å². The number of rotatable bonds is 12. The number of benzene rings is 4. The van der Waals surface area contributed by atoms with E-state index in [2.05, 4.69) is 43.4 Å². The number of nitrogens with one attached hydrogen (secondary N) is 1. The average molecular weight is 523 g/mol. The van der Waals surface area contributed by atoms with Crippen LogP contribution in [0.2, 0.25) is 0 Å². The van der Waals surface area contributed by atoms with Crippen molar-refractivity contribution in [2.45, 2.75) is 45.7 Å². The van der Waals surface area contributed by atoms with Gasteiger partial charge in [0.1, 0.15) is 11.8 Å². The van der Waals surface area contributed by atoms with Crippen LogP contribution in [0.3, 0.4) is 0 Å². The van der Waals surface area contributed by atoms with Crippen molar-refractivity contribution >= 4 is 22.6 Å². The molecule has 5 heteroatoms. The number of amides is 2. The van der Waals surface area contributed by atoms with Crippen LogP contribution >= 0.6 is 0 Å². The van der Waals surface area contributed by atoms with Gasteiger partial charge in [0.2, 0.25) is 11.8 Å². The summed E-state index contributed by atoms with van der Waals surface area (Å²) in [6.45, 7) is 5.01. The summed E-state index contributed by atoms with van der Waals surface area (Å²) in [5.74, 6) is 0.847. The van der Waals surface area contributed by atoms with Crippen molar-refractivity contribution in [3.05, 3.63) is 114 Å². The van der Waals surface area contributed by atoms with E-state index < -0.39 is 6.04 Å². The summed E-state index contributed by atoms with van der Waals surface area (Å²) < 4.78 is 5.43. The van der Waals surface area contributed by atoms with E-state index in [1.807, 2.05) is 72.8 Å². The van der Waals surface area contributed by atoms with Gasteiger partial charge in [-0.1, -0.05) is 98.8 Å². The zero-order valence-corrected chi connectivity index (χ0v) is 23.1. The molecule has 1 atom stereocenters. The Labute approximate surface area is 231 Å². The minimum absolute atomic E-state index is 0.0496. The molecule has 0 bridgehead atoms. The molecule has 202 valence electrons. The fourth-order valence-corrected chi connectivity index (χ4v) is 4.84. The SMILES string of the molecule is COc1cccc(CN(C(=O)CCc2cccc3ccccc23)[C@H](Cc2ccccc2)C(=O)NCC(C)C)c1. The second-order valence-electron chi connectivity index (χ2n) is 10.4. The van der Waals surface area contributed by atoms with Gasteiger partial charge in [0.15, 0.2) is 0 Å². The normalized spacial score (nSPS) is 11.8. The van der Waals surface area contributed by atoms with Crippen molar-refractivity contribution in [2.75, 3.05) is 13.7 Å². The summed E-state index contributed by atoms with van der Waals surface area (Å²) >= 11 is 0. The second kappa shape index (κ2) is 13.6. The number of carbonyl (C=O) groups is 2. The number of hydrogen-bond donors (Lipinski definition) is 1. The number of nitrogens with zero attached hydrogens (tertiary/aromatic N) is 1. The smallest absolute Gasteiger partial charge is 0.243 e. The Hall–Kier alpha value is -4.12. The predicted molar refractivity (Wildman–Crippen MR) is 158 cm³/mol. The number of carbonyl (C=O) groups excluding carboxylic acids is 2. The van der Waals surface area contributed by atoms with E-state index in [9.17, 15) is 9.59 Å². The van der Waals surface area contributed by atoms with Gasteiger partial charge in [0.05, 0.1) is 7.11 Å². The Morgan fingerprint density at radius 1 is 0.846 bits per heavy atom.